The fraction of sp³-hybridized carbons (Fsp3) is 0.462. The van der Waals surface area contributed by atoms with Crippen molar-refractivity contribution in [2.75, 3.05) is 24.5 Å². The van der Waals surface area contributed by atoms with Crippen LogP contribution in [0.25, 0.3) is 21.6 Å². The Morgan fingerprint density at radius 3 is 2.56 bits per heavy atom. The topological polar surface area (TPSA) is 89.2 Å². The molecular formula is C26H32N6O2S2. The van der Waals surface area contributed by atoms with Gasteiger partial charge in [0.1, 0.15) is 16.5 Å². The van der Waals surface area contributed by atoms with Crippen molar-refractivity contribution < 1.29 is 9.26 Å². The van der Waals surface area contributed by atoms with Gasteiger partial charge in [0.2, 0.25) is 0 Å². The molecule has 0 amide bonds. The van der Waals surface area contributed by atoms with E-state index in [4.69, 9.17) is 19.2 Å². The van der Waals surface area contributed by atoms with Crippen LogP contribution in [-0.4, -0.2) is 45.8 Å². The normalized spacial score (nSPS) is 15.6. The summed E-state index contributed by atoms with van der Waals surface area (Å²) < 4.78 is 15.0. The summed E-state index contributed by atoms with van der Waals surface area (Å²) in [7, 11) is 0. The maximum atomic E-state index is 6.30. The molecule has 36 heavy (non-hydrogen) atoms. The van der Waals surface area contributed by atoms with Crippen molar-refractivity contribution in [3.05, 3.63) is 42.2 Å². The zero-order valence-electron chi connectivity index (χ0n) is 21.1. The molecule has 1 aromatic carbocycles. The molecule has 0 bridgehead atoms. The van der Waals surface area contributed by atoms with Crippen LogP contribution < -0.4 is 14.4 Å². The van der Waals surface area contributed by atoms with E-state index in [2.05, 4.69) is 71.7 Å². The molecule has 0 radical (unpaired) electrons. The Morgan fingerprint density at radius 1 is 1.08 bits per heavy atom. The van der Waals surface area contributed by atoms with Crippen LogP contribution in [0.5, 0.6) is 5.19 Å². The van der Waals surface area contributed by atoms with Crippen LogP contribution >= 0.6 is 23.3 Å². The van der Waals surface area contributed by atoms with E-state index in [0.29, 0.717) is 17.1 Å². The molecule has 4 heterocycles. The second-order valence-corrected chi connectivity index (χ2v) is 11.3. The van der Waals surface area contributed by atoms with Crippen LogP contribution in [0.4, 0.5) is 6.01 Å². The number of nitrogens with one attached hydrogen (secondary N) is 1. The highest BCUT2D eigenvalue weighted by Crippen LogP contribution is 2.33. The molecular weight excluding hydrogens is 492 g/mol. The fourth-order valence-corrected chi connectivity index (χ4v) is 5.72. The first-order valence-electron chi connectivity index (χ1n) is 12.5. The molecule has 3 aromatic heterocycles. The number of hydrogen-bond acceptors (Lipinski definition) is 10. The number of rotatable bonds is 9. The highest BCUT2D eigenvalue weighted by molar-refractivity contribution is 7.97. The van der Waals surface area contributed by atoms with Gasteiger partial charge in [0, 0.05) is 36.0 Å². The molecule has 4 aromatic rings. The van der Waals surface area contributed by atoms with Crippen LogP contribution in [0, 0.1) is 5.92 Å². The average Bonchev–Trinajstić information content (AvgIpc) is 3.55. The number of anilines is 1. The molecule has 1 N–H and O–H groups in total. The van der Waals surface area contributed by atoms with E-state index >= 15 is 0 Å². The number of pyridine rings is 1. The maximum absolute atomic E-state index is 6.30. The summed E-state index contributed by atoms with van der Waals surface area (Å²) in [5, 5.41) is 4.77. The lowest BCUT2D eigenvalue weighted by Crippen LogP contribution is -2.38. The predicted octanol–water partition coefficient (Wildman–Crippen LogP) is 6.17. The number of nitrogens with zero attached hydrogens (tertiary/aromatic N) is 5. The predicted molar refractivity (Wildman–Crippen MR) is 146 cm³/mol. The first-order chi connectivity index (χ1) is 17.5. The van der Waals surface area contributed by atoms with Crippen molar-refractivity contribution in [1.29, 1.82) is 0 Å². The van der Waals surface area contributed by atoms with Crippen LogP contribution in [0.15, 0.2) is 45.8 Å². The van der Waals surface area contributed by atoms with Gasteiger partial charge in [0.15, 0.2) is 5.82 Å². The Hall–Kier alpha value is -2.69. The molecule has 1 aliphatic heterocycles. The van der Waals surface area contributed by atoms with Gasteiger partial charge in [-0.2, -0.15) is 4.98 Å². The molecule has 0 saturated carbocycles. The van der Waals surface area contributed by atoms with Gasteiger partial charge < -0.3 is 14.2 Å². The van der Waals surface area contributed by atoms with Gasteiger partial charge in [-0.05, 0) is 61.9 Å². The highest BCUT2D eigenvalue weighted by Gasteiger charge is 2.28. The highest BCUT2D eigenvalue weighted by atomic mass is 32.2. The quantitative estimate of drug-likeness (QED) is 0.258. The maximum Gasteiger partial charge on any atom is 0.324 e. The number of ether oxygens (including phenoxy) is 1. The summed E-state index contributed by atoms with van der Waals surface area (Å²) in [6, 6.07) is 13.1. The van der Waals surface area contributed by atoms with Crippen molar-refractivity contribution in [3.8, 4) is 16.5 Å². The van der Waals surface area contributed by atoms with Gasteiger partial charge >= 0.3 is 6.01 Å². The van der Waals surface area contributed by atoms with E-state index in [9.17, 15) is 0 Å². The molecule has 8 nitrogen and oxygen atoms in total. The largest absolute Gasteiger partial charge is 0.467 e. The number of benzene rings is 1. The molecule has 0 spiro atoms. The van der Waals surface area contributed by atoms with Gasteiger partial charge in [0.25, 0.3) is 5.19 Å². The van der Waals surface area contributed by atoms with Gasteiger partial charge in [-0.25, -0.2) is 9.97 Å². The van der Waals surface area contributed by atoms with E-state index in [0.717, 1.165) is 59.9 Å². The Morgan fingerprint density at radius 2 is 1.86 bits per heavy atom. The summed E-state index contributed by atoms with van der Waals surface area (Å²) in [5.41, 5.74) is 2.91. The molecule has 10 heteroatoms. The first-order valence-corrected chi connectivity index (χ1v) is 14.2. The van der Waals surface area contributed by atoms with E-state index in [-0.39, 0.29) is 12.0 Å². The standard InChI is InChI=1S/C26H32N6O2S2/c1-5-27-36-20-8-6-19(7-9-20)21-10-11-22-24(28-21)35-26(29-22)33-17(4)18-12-14-32(15-13-18)25-30-23(16(2)3)31-34-25/h6-11,16-18,27H,5,12-15H2,1-4H3. The summed E-state index contributed by atoms with van der Waals surface area (Å²) in [5.74, 6) is 1.47. The fourth-order valence-electron chi connectivity index (χ4n) is 4.26. The van der Waals surface area contributed by atoms with Gasteiger partial charge in [-0.3, -0.25) is 4.72 Å². The molecule has 1 fully saturated rings. The molecule has 5 rings (SSSR count). The minimum atomic E-state index is 0.0721. The Labute approximate surface area is 220 Å². The Bertz CT molecular complexity index is 1280. The van der Waals surface area contributed by atoms with E-state index < -0.39 is 0 Å². The molecule has 1 unspecified atom stereocenters. The summed E-state index contributed by atoms with van der Waals surface area (Å²) >= 11 is 3.15. The zero-order valence-corrected chi connectivity index (χ0v) is 22.7. The average molecular weight is 525 g/mol. The van der Waals surface area contributed by atoms with Crippen LogP contribution in [0.2, 0.25) is 0 Å². The zero-order chi connectivity index (χ0) is 25.1. The SMILES string of the molecule is CCNSc1ccc(-c2ccc3nc(OC(C)C4CCN(c5nc(C(C)C)no5)CC4)sc3n2)cc1. The summed E-state index contributed by atoms with van der Waals surface area (Å²) in [4.78, 5) is 18.3. The summed E-state index contributed by atoms with van der Waals surface area (Å²) in [6.45, 7) is 11.1. The minimum Gasteiger partial charge on any atom is -0.467 e. The van der Waals surface area contributed by atoms with Crippen molar-refractivity contribution in [2.24, 2.45) is 5.92 Å². The van der Waals surface area contributed by atoms with Gasteiger partial charge in [-0.1, -0.05) is 49.4 Å². The lowest BCUT2D eigenvalue weighted by atomic mass is 9.92. The second-order valence-electron chi connectivity index (χ2n) is 9.36. The second kappa shape index (κ2) is 11.1. The first kappa shape index (κ1) is 25.0. The Kier molecular flexibility index (Phi) is 7.73. The number of hydrogen-bond donors (Lipinski definition) is 1. The van der Waals surface area contributed by atoms with E-state index in [1.54, 1.807) is 11.9 Å². The van der Waals surface area contributed by atoms with Crippen LogP contribution in [0.3, 0.4) is 0 Å². The smallest absolute Gasteiger partial charge is 0.324 e. The lowest BCUT2D eigenvalue weighted by molar-refractivity contribution is 0.131. The number of aromatic nitrogens is 4. The summed E-state index contributed by atoms with van der Waals surface area (Å²) in [6.07, 6.45) is 2.09. The molecule has 1 atom stereocenters. The molecule has 1 aliphatic rings. The van der Waals surface area contributed by atoms with Crippen molar-refractivity contribution in [2.45, 2.75) is 57.5 Å². The molecule has 1 saturated heterocycles. The Balaban J connectivity index is 1.19. The third-order valence-corrected chi connectivity index (χ3v) is 8.23. The van der Waals surface area contributed by atoms with Crippen molar-refractivity contribution >= 4 is 39.6 Å². The third kappa shape index (κ3) is 5.66. The van der Waals surface area contributed by atoms with Crippen LogP contribution in [0.1, 0.15) is 52.3 Å². The van der Waals surface area contributed by atoms with Crippen molar-refractivity contribution in [3.63, 3.8) is 0 Å². The van der Waals surface area contributed by atoms with Crippen molar-refractivity contribution in [1.82, 2.24) is 24.8 Å². The third-order valence-electron chi connectivity index (χ3n) is 6.43. The number of fused-ring (bicyclic) bond motifs is 1. The number of thiazole rings is 1. The number of piperidine rings is 1. The van der Waals surface area contributed by atoms with E-state index in [1.165, 1.54) is 16.2 Å². The molecule has 190 valence electrons. The monoisotopic (exact) mass is 524 g/mol. The van der Waals surface area contributed by atoms with E-state index in [1.807, 2.05) is 12.1 Å². The lowest BCUT2D eigenvalue weighted by Gasteiger charge is -2.33. The van der Waals surface area contributed by atoms with Gasteiger partial charge in [0.05, 0.1) is 5.69 Å². The van der Waals surface area contributed by atoms with Gasteiger partial charge in [-0.15, -0.1) is 0 Å². The van der Waals surface area contributed by atoms with Crippen LogP contribution in [-0.2, 0) is 0 Å². The molecule has 0 aliphatic carbocycles. The minimum absolute atomic E-state index is 0.0721.